The molecule has 0 amide bonds. The average molecular weight is 372 g/mol. The van der Waals surface area contributed by atoms with Crippen molar-refractivity contribution in [2.75, 3.05) is 11.9 Å². The Bertz CT molecular complexity index is 1030. The number of fused-ring (bicyclic) bond motifs is 1. The van der Waals surface area contributed by atoms with Crippen LogP contribution in [0.15, 0.2) is 66.7 Å². The van der Waals surface area contributed by atoms with Crippen LogP contribution in [0.2, 0.25) is 0 Å². The first kappa shape index (κ1) is 18.2. The largest absolute Gasteiger partial charge is 0.386 e. The maximum Gasteiger partial charge on any atom is 0.158 e. The van der Waals surface area contributed by atoms with Crippen LogP contribution in [0.5, 0.6) is 0 Å². The Labute approximate surface area is 165 Å². The molecule has 142 valence electrons. The number of nitrogens with zero attached hydrogens (tertiary/aromatic N) is 3. The number of hydrogen-bond donors (Lipinski definition) is 2. The van der Waals surface area contributed by atoms with E-state index in [4.69, 9.17) is 9.97 Å². The molecule has 5 heteroatoms. The summed E-state index contributed by atoms with van der Waals surface area (Å²) >= 11 is 0. The van der Waals surface area contributed by atoms with E-state index in [-0.39, 0.29) is 6.04 Å². The lowest BCUT2D eigenvalue weighted by atomic mass is 10.0. The molecular formula is C23H24N4O. The van der Waals surface area contributed by atoms with Gasteiger partial charge < -0.3 is 15.0 Å². The number of hydrogen-bond acceptors (Lipinski definition) is 4. The van der Waals surface area contributed by atoms with E-state index in [1.807, 2.05) is 86.5 Å². The summed E-state index contributed by atoms with van der Waals surface area (Å²) in [5.41, 5.74) is 4.60. The fraction of sp³-hybridized carbons (Fsp3) is 0.217. The van der Waals surface area contributed by atoms with Crippen molar-refractivity contribution in [2.24, 2.45) is 0 Å². The predicted molar refractivity (Wildman–Crippen MR) is 112 cm³/mol. The molecule has 0 saturated carbocycles. The van der Waals surface area contributed by atoms with E-state index in [2.05, 4.69) is 11.1 Å². The van der Waals surface area contributed by atoms with E-state index in [1.165, 1.54) is 0 Å². The smallest absolute Gasteiger partial charge is 0.158 e. The van der Waals surface area contributed by atoms with E-state index in [0.717, 1.165) is 39.9 Å². The lowest BCUT2D eigenvalue weighted by molar-refractivity contribution is 0.150. The monoisotopic (exact) mass is 372 g/mol. The summed E-state index contributed by atoms with van der Waals surface area (Å²) in [6.07, 6.45) is -0.629. The number of nitrogens with one attached hydrogen (secondary N) is 1. The summed E-state index contributed by atoms with van der Waals surface area (Å²) in [6.45, 7) is 3.93. The fourth-order valence-corrected chi connectivity index (χ4v) is 3.45. The van der Waals surface area contributed by atoms with Crippen molar-refractivity contribution < 1.29 is 5.11 Å². The topological polar surface area (TPSA) is 65.0 Å². The highest BCUT2D eigenvalue weighted by Crippen LogP contribution is 2.35. The molecule has 2 heterocycles. The number of H-pyrrole nitrogens is 1. The van der Waals surface area contributed by atoms with Crippen molar-refractivity contribution in [3.05, 3.63) is 78.1 Å². The van der Waals surface area contributed by atoms with Gasteiger partial charge in [-0.2, -0.15) is 0 Å². The van der Waals surface area contributed by atoms with Crippen LogP contribution >= 0.6 is 0 Å². The molecule has 2 atom stereocenters. The normalized spacial score (nSPS) is 13.4. The minimum atomic E-state index is -0.629. The number of anilines is 1. The van der Waals surface area contributed by atoms with E-state index >= 15 is 0 Å². The van der Waals surface area contributed by atoms with Crippen LogP contribution in [0.25, 0.3) is 22.6 Å². The Morgan fingerprint density at radius 2 is 1.61 bits per heavy atom. The second-order valence-electron chi connectivity index (χ2n) is 7.12. The molecule has 0 radical (unpaired) electrons. The number of likely N-dealkylation sites (N-methyl/N-ethyl adjacent to an activating group) is 1. The van der Waals surface area contributed by atoms with Gasteiger partial charge in [0.1, 0.15) is 11.5 Å². The minimum absolute atomic E-state index is 0.170. The third-order valence-corrected chi connectivity index (χ3v) is 5.18. The zero-order chi connectivity index (χ0) is 19.7. The van der Waals surface area contributed by atoms with Gasteiger partial charge >= 0.3 is 0 Å². The first-order valence-electron chi connectivity index (χ1n) is 9.43. The van der Waals surface area contributed by atoms with Gasteiger partial charge in [-0.1, -0.05) is 60.7 Å². The molecule has 0 saturated heterocycles. The summed E-state index contributed by atoms with van der Waals surface area (Å²) in [6, 6.07) is 21.7. The molecule has 2 N–H and O–H groups in total. The molecule has 5 nitrogen and oxygen atoms in total. The van der Waals surface area contributed by atoms with Crippen molar-refractivity contribution in [1.82, 2.24) is 15.0 Å². The van der Waals surface area contributed by atoms with Crippen molar-refractivity contribution in [3.63, 3.8) is 0 Å². The number of aromatic nitrogens is 3. The van der Waals surface area contributed by atoms with Gasteiger partial charge in [-0.3, -0.25) is 0 Å². The van der Waals surface area contributed by atoms with Gasteiger partial charge in [-0.15, -0.1) is 0 Å². The third kappa shape index (κ3) is 3.37. The molecule has 0 spiro atoms. The summed E-state index contributed by atoms with van der Waals surface area (Å²) in [5, 5.41) is 10.8. The summed E-state index contributed by atoms with van der Waals surface area (Å²) in [7, 11) is 1.95. The van der Waals surface area contributed by atoms with Gasteiger partial charge in [-0.05, 0) is 25.5 Å². The maximum atomic E-state index is 10.8. The molecule has 2 unspecified atom stereocenters. The van der Waals surface area contributed by atoms with Gasteiger partial charge in [0.15, 0.2) is 5.82 Å². The first-order chi connectivity index (χ1) is 13.5. The molecule has 2 aliphatic rings. The van der Waals surface area contributed by atoms with Gasteiger partial charge in [0.05, 0.1) is 23.5 Å². The number of aliphatic hydroxyl groups is 1. The molecule has 4 rings (SSSR count). The summed E-state index contributed by atoms with van der Waals surface area (Å²) in [4.78, 5) is 14.9. The maximum absolute atomic E-state index is 10.8. The predicted octanol–water partition coefficient (Wildman–Crippen LogP) is 4.44. The number of benzene rings is 2. The fourth-order valence-electron chi connectivity index (χ4n) is 3.45. The molecule has 2 aromatic carbocycles. The number of rotatable bonds is 5. The number of aryl methyl sites for hydroxylation is 1. The average Bonchev–Trinajstić information content (AvgIpc) is 3.16. The molecule has 28 heavy (non-hydrogen) atoms. The van der Waals surface area contributed by atoms with E-state index in [0.29, 0.717) is 0 Å². The van der Waals surface area contributed by atoms with Gasteiger partial charge in [-0.25, -0.2) is 9.97 Å². The Hall–Kier alpha value is -3.18. The van der Waals surface area contributed by atoms with E-state index in [1.54, 1.807) is 0 Å². The van der Waals surface area contributed by atoms with Crippen LogP contribution in [0, 0.1) is 6.92 Å². The summed E-state index contributed by atoms with van der Waals surface area (Å²) < 4.78 is 0. The highest BCUT2D eigenvalue weighted by Gasteiger charge is 2.26. The second-order valence-corrected chi connectivity index (χ2v) is 7.12. The number of aliphatic hydroxyl groups excluding tert-OH is 1. The van der Waals surface area contributed by atoms with Crippen LogP contribution in [0.1, 0.15) is 24.4 Å². The van der Waals surface area contributed by atoms with Gasteiger partial charge in [0.25, 0.3) is 0 Å². The number of aromatic amines is 1. The van der Waals surface area contributed by atoms with Crippen molar-refractivity contribution in [3.8, 4) is 22.6 Å². The molecule has 2 aromatic rings. The lowest BCUT2D eigenvalue weighted by Gasteiger charge is -2.31. The quantitative estimate of drug-likeness (QED) is 0.543. The highest BCUT2D eigenvalue weighted by atomic mass is 16.3. The van der Waals surface area contributed by atoms with Crippen LogP contribution in [-0.2, 0) is 0 Å². The van der Waals surface area contributed by atoms with Gasteiger partial charge in [0, 0.05) is 12.6 Å². The van der Waals surface area contributed by atoms with Crippen molar-refractivity contribution in [1.29, 1.82) is 0 Å². The summed E-state index contributed by atoms with van der Waals surface area (Å²) in [5.74, 6) is 1.57. The Morgan fingerprint density at radius 1 is 0.964 bits per heavy atom. The van der Waals surface area contributed by atoms with Crippen LogP contribution in [0.4, 0.5) is 5.82 Å². The minimum Gasteiger partial charge on any atom is -0.386 e. The molecule has 2 aliphatic heterocycles. The zero-order valence-electron chi connectivity index (χ0n) is 16.3. The van der Waals surface area contributed by atoms with Crippen LogP contribution in [-0.4, -0.2) is 33.1 Å². The van der Waals surface area contributed by atoms with Crippen molar-refractivity contribution >= 4 is 5.82 Å². The molecule has 0 aliphatic carbocycles. The molecule has 0 bridgehead atoms. The highest BCUT2D eigenvalue weighted by molar-refractivity contribution is 5.78. The van der Waals surface area contributed by atoms with E-state index < -0.39 is 6.10 Å². The Kier molecular flexibility index (Phi) is 4.84. The Morgan fingerprint density at radius 3 is 2.29 bits per heavy atom. The molecule has 0 fully saturated rings. The van der Waals surface area contributed by atoms with Crippen LogP contribution in [0.3, 0.4) is 0 Å². The van der Waals surface area contributed by atoms with E-state index in [9.17, 15) is 5.11 Å². The van der Waals surface area contributed by atoms with Crippen LogP contribution < -0.4 is 4.90 Å². The molecular weight excluding hydrogens is 348 g/mol. The van der Waals surface area contributed by atoms with Gasteiger partial charge in [0.2, 0.25) is 0 Å². The zero-order valence-corrected chi connectivity index (χ0v) is 16.3. The standard InChI is InChI=1S/C23H24N4O/c1-15(22(28)18-12-8-5-9-13-18)27(3)23-21-20(24-16(2)25-23)14-19(26-21)17-10-6-4-7-11-17/h4-15,22,28H,1-3H3,(H,24,25). The third-order valence-electron chi connectivity index (χ3n) is 5.18. The lowest BCUT2D eigenvalue weighted by Crippen LogP contribution is -2.35. The SMILES string of the molecule is Cc1nc(N(C)C(C)C(O)c2ccccc2)c2nc(-c3ccccc3)cc-2[nH]1. The first-order valence-corrected chi connectivity index (χ1v) is 9.43. The second kappa shape index (κ2) is 7.44. The Balaban J connectivity index is 1.72. The van der Waals surface area contributed by atoms with Crippen molar-refractivity contribution in [2.45, 2.75) is 26.0 Å². The molecule has 0 aromatic heterocycles.